The Bertz CT molecular complexity index is 404. The van der Waals surface area contributed by atoms with Crippen LogP contribution in [0, 0.1) is 0 Å². The van der Waals surface area contributed by atoms with Gasteiger partial charge in [-0.05, 0) is 38.1 Å². The molecule has 0 saturated carbocycles. The third kappa shape index (κ3) is 3.94. The number of nitrogens with one attached hydrogen (secondary N) is 2. The van der Waals surface area contributed by atoms with Gasteiger partial charge < -0.3 is 5.32 Å². The molecular weight excluding hydrogens is 238 g/mol. The summed E-state index contributed by atoms with van der Waals surface area (Å²) in [6.45, 7) is 5.27. The van der Waals surface area contributed by atoms with E-state index in [0.717, 1.165) is 18.8 Å². The van der Waals surface area contributed by atoms with Crippen molar-refractivity contribution in [2.75, 3.05) is 25.0 Å². The van der Waals surface area contributed by atoms with Gasteiger partial charge in [-0.1, -0.05) is 25.1 Å². The van der Waals surface area contributed by atoms with Gasteiger partial charge in [-0.25, -0.2) is 5.84 Å². The van der Waals surface area contributed by atoms with Crippen LogP contribution in [0.2, 0.25) is 0 Å². The molecule has 1 fully saturated rings. The number of anilines is 1. The highest BCUT2D eigenvalue weighted by molar-refractivity contribution is 5.93. The number of hydrogen-bond donors (Lipinski definition) is 3. The maximum absolute atomic E-state index is 5.52. The lowest BCUT2D eigenvalue weighted by atomic mass is 10.2. The first-order valence-corrected chi connectivity index (χ1v) is 6.90. The lowest BCUT2D eigenvalue weighted by Crippen LogP contribution is -2.38. The summed E-state index contributed by atoms with van der Waals surface area (Å²) in [5, 5.41) is 3.18. The van der Waals surface area contributed by atoms with Crippen LogP contribution in [0.1, 0.15) is 19.8 Å². The second-order valence-corrected chi connectivity index (χ2v) is 4.75. The van der Waals surface area contributed by atoms with Gasteiger partial charge >= 0.3 is 0 Å². The molecule has 0 bridgehead atoms. The predicted octanol–water partition coefficient (Wildman–Crippen LogP) is 1.40. The van der Waals surface area contributed by atoms with Crippen molar-refractivity contribution in [1.82, 2.24) is 10.3 Å². The van der Waals surface area contributed by atoms with Gasteiger partial charge in [-0.2, -0.15) is 0 Å². The average molecular weight is 261 g/mol. The van der Waals surface area contributed by atoms with E-state index in [0.29, 0.717) is 12.0 Å². The molecule has 1 aromatic carbocycles. The van der Waals surface area contributed by atoms with E-state index in [-0.39, 0.29) is 0 Å². The van der Waals surface area contributed by atoms with Crippen molar-refractivity contribution in [3.05, 3.63) is 30.3 Å². The van der Waals surface area contributed by atoms with Crippen molar-refractivity contribution in [3.63, 3.8) is 0 Å². The first-order valence-electron chi connectivity index (χ1n) is 6.90. The van der Waals surface area contributed by atoms with E-state index in [2.05, 4.69) is 27.6 Å². The Labute approximate surface area is 114 Å². The molecule has 0 aliphatic carbocycles. The molecule has 2 rings (SSSR count). The molecule has 1 aromatic rings. The molecule has 5 nitrogen and oxygen atoms in total. The van der Waals surface area contributed by atoms with E-state index in [1.54, 1.807) is 0 Å². The Hall–Kier alpha value is -1.59. The van der Waals surface area contributed by atoms with Gasteiger partial charge in [0.25, 0.3) is 0 Å². The van der Waals surface area contributed by atoms with Crippen LogP contribution in [-0.2, 0) is 0 Å². The fourth-order valence-corrected chi connectivity index (χ4v) is 2.49. The highest BCUT2D eigenvalue weighted by Gasteiger charge is 2.22. The Balaban J connectivity index is 1.92. The van der Waals surface area contributed by atoms with E-state index >= 15 is 0 Å². The van der Waals surface area contributed by atoms with Crippen molar-refractivity contribution in [3.8, 4) is 0 Å². The predicted molar refractivity (Wildman–Crippen MR) is 80.0 cm³/mol. The minimum atomic E-state index is 0.547. The molecule has 104 valence electrons. The summed E-state index contributed by atoms with van der Waals surface area (Å²) in [6, 6.07) is 10.5. The largest absolute Gasteiger partial charge is 0.325 e. The fourth-order valence-electron chi connectivity index (χ4n) is 2.49. The maximum atomic E-state index is 5.52. The summed E-state index contributed by atoms with van der Waals surface area (Å²) >= 11 is 0. The molecular formula is C14H23N5. The standard InChI is InChI=1S/C14H23N5/c1-2-19-10-6-9-13(19)11-16-14(18-15)17-12-7-4-3-5-8-12/h3-5,7-8,13H,2,6,9-11,15H2,1H3,(H2,16,17,18). The number of nitrogens with zero attached hydrogens (tertiary/aromatic N) is 2. The van der Waals surface area contributed by atoms with Gasteiger partial charge in [0.2, 0.25) is 5.96 Å². The van der Waals surface area contributed by atoms with Gasteiger partial charge in [0.1, 0.15) is 0 Å². The van der Waals surface area contributed by atoms with Crippen molar-refractivity contribution in [2.45, 2.75) is 25.8 Å². The summed E-state index contributed by atoms with van der Waals surface area (Å²) in [6.07, 6.45) is 2.49. The minimum absolute atomic E-state index is 0.547. The molecule has 1 aliphatic rings. The first-order chi connectivity index (χ1) is 9.33. The SMILES string of the molecule is CCN1CCCC1CN=C(NN)Nc1ccccc1. The second kappa shape index (κ2) is 7.11. The molecule has 0 spiro atoms. The Kier molecular flexibility index (Phi) is 5.18. The van der Waals surface area contributed by atoms with Crippen molar-refractivity contribution < 1.29 is 0 Å². The third-order valence-electron chi connectivity index (χ3n) is 3.54. The van der Waals surface area contributed by atoms with E-state index in [1.807, 2.05) is 30.3 Å². The normalized spacial score (nSPS) is 20.5. The van der Waals surface area contributed by atoms with E-state index in [9.17, 15) is 0 Å². The second-order valence-electron chi connectivity index (χ2n) is 4.75. The highest BCUT2D eigenvalue weighted by Crippen LogP contribution is 2.16. The topological polar surface area (TPSA) is 65.7 Å². The van der Waals surface area contributed by atoms with Gasteiger partial charge in [0, 0.05) is 11.7 Å². The number of para-hydroxylation sites is 1. The zero-order valence-corrected chi connectivity index (χ0v) is 11.5. The van der Waals surface area contributed by atoms with Crippen molar-refractivity contribution in [2.24, 2.45) is 10.8 Å². The van der Waals surface area contributed by atoms with Crippen LogP contribution in [-0.4, -0.2) is 36.5 Å². The Morgan fingerprint density at radius 1 is 1.42 bits per heavy atom. The number of nitrogens with two attached hydrogens (primary N) is 1. The van der Waals surface area contributed by atoms with Gasteiger partial charge in [-0.3, -0.25) is 15.3 Å². The first kappa shape index (κ1) is 13.8. The number of likely N-dealkylation sites (N-methyl/N-ethyl adjacent to an activating group) is 1. The summed E-state index contributed by atoms with van der Waals surface area (Å²) in [5.41, 5.74) is 3.61. The molecule has 19 heavy (non-hydrogen) atoms. The molecule has 0 aromatic heterocycles. The number of guanidine groups is 1. The van der Waals surface area contributed by atoms with Crippen LogP contribution in [0.25, 0.3) is 0 Å². The van der Waals surface area contributed by atoms with Crippen LogP contribution in [0.4, 0.5) is 5.69 Å². The van der Waals surface area contributed by atoms with E-state index < -0.39 is 0 Å². The van der Waals surface area contributed by atoms with E-state index in [1.165, 1.54) is 19.4 Å². The Morgan fingerprint density at radius 3 is 2.89 bits per heavy atom. The van der Waals surface area contributed by atoms with Gasteiger partial charge in [-0.15, -0.1) is 0 Å². The fraction of sp³-hybridized carbons (Fsp3) is 0.500. The summed E-state index contributed by atoms with van der Waals surface area (Å²) in [5.74, 6) is 6.14. The molecule has 1 saturated heterocycles. The number of hydrogen-bond acceptors (Lipinski definition) is 3. The lowest BCUT2D eigenvalue weighted by molar-refractivity contribution is 0.273. The molecule has 1 atom stereocenters. The van der Waals surface area contributed by atoms with Gasteiger partial charge in [0.15, 0.2) is 0 Å². The van der Waals surface area contributed by atoms with Crippen LogP contribution in [0.15, 0.2) is 35.3 Å². The molecule has 1 aliphatic heterocycles. The van der Waals surface area contributed by atoms with Crippen LogP contribution >= 0.6 is 0 Å². The lowest BCUT2D eigenvalue weighted by Gasteiger charge is -2.21. The highest BCUT2D eigenvalue weighted by atomic mass is 15.3. The summed E-state index contributed by atoms with van der Waals surface area (Å²) < 4.78 is 0. The number of benzene rings is 1. The molecule has 5 heteroatoms. The maximum Gasteiger partial charge on any atom is 0.210 e. The average Bonchev–Trinajstić information content (AvgIpc) is 2.92. The Morgan fingerprint density at radius 2 is 2.21 bits per heavy atom. The van der Waals surface area contributed by atoms with Crippen molar-refractivity contribution >= 4 is 11.6 Å². The van der Waals surface area contributed by atoms with Crippen LogP contribution in [0.5, 0.6) is 0 Å². The molecule has 1 unspecified atom stereocenters. The van der Waals surface area contributed by atoms with Gasteiger partial charge in [0.05, 0.1) is 6.54 Å². The molecule has 1 heterocycles. The zero-order valence-electron chi connectivity index (χ0n) is 11.5. The van der Waals surface area contributed by atoms with Crippen LogP contribution in [0.3, 0.4) is 0 Å². The number of hydrazine groups is 1. The quantitative estimate of drug-likeness (QED) is 0.332. The number of likely N-dealkylation sites (tertiary alicyclic amines) is 1. The molecule has 4 N–H and O–H groups in total. The summed E-state index contributed by atoms with van der Waals surface area (Å²) in [4.78, 5) is 7.02. The van der Waals surface area contributed by atoms with Crippen LogP contribution < -0.4 is 16.6 Å². The monoisotopic (exact) mass is 261 g/mol. The number of rotatable bonds is 4. The smallest absolute Gasteiger partial charge is 0.210 e. The zero-order chi connectivity index (χ0) is 13.5. The number of aliphatic imine (C=N–C) groups is 1. The minimum Gasteiger partial charge on any atom is -0.325 e. The molecule has 0 radical (unpaired) electrons. The van der Waals surface area contributed by atoms with Crippen molar-refractivity contribution in [1.29, 1.82) is 0 Å². The molecule has 0 amide bonds. The third-order valence-corrected chi connectivity index (χ3v) is 3.54. The summed E-state index contributed by atoms with van der Waals surface area (Å²) in [7, 11) is 0. The van der Waals surface area contributed by atoms with E-state index in [4.69, 9.17) is 5.84 Å².